The fourth-order valence-electron chi connectivity index (χ4n) is 1.41. The van der Waals surface area contributed by atoms with Crippen LogP contribution in [0.15, 0.2) is 36.5 Å². The largest absolute Gasteiger partial charge is 0.497 e. The normalized spacial score (nSPS) is 9.83. The highest BCUT2D eigenvalue weighted by Crippen LogP contribution is 2.14. The molecule has 18 heavy (non-hydrogen) atoms. The Bertz CT molecular complexity index is 495. The second kappa shape index (κ2) is 6.02. The average molecular weight is 262 g/mol. The monoisotopic (exact) mass is 262 g/mol. The molecule has 0 unspecified atom stereocenters. The minimum Gasteiger partial charge on any atom is -0.497 e. The van der Waals surface area contributed by atoms with Gasteiger partial charge in [0.1, 0.15) is 5.75 Å². The Kier molecular flexibility index (Phi) is 4.14. The Morgan fingerprint density at radius 3 is 2.72 bits per heavy atom. The first kappa shape index (κ1) is 12.4. The first-order chi connectivity index (χ1) is 8.78. The maximum absolute atomic E-state index is 5.18. The number of aromatic amines is 1. The van der Waals surface area contributed by atoms with Crippen molar-refractivity contribution in [2.45, 2.75) is 6.54 Å². The van der Waals surface area contributed by atoms with Gasteiger partial charge in [0.15, 0.2) is 5.11 Å². The molecule has 0 atom stereocenters. The van der Waals surface area contributed by atoms with Gasteiger partial charge in [-0.2, -0.15) is 5.10 Å². The van der Waals surface area contributed by atoms with Crippen LogP contribution in [0.5, 0.6) is 5.75 Å². The van der Waals surface area contributed by atoms with Gasteiger partial charge in [-0.05, 0) is 42.5 Å². The van der Waals surface area contributed by atoms with E-state index >= 15 is 0 Å². The number of thiocarbonyl (C=S) groups is 1. The summed E-state index contributed by atoms with van der Waals surface area (Å²) in [5.41, 5.74) is 1.90. The summed E-state index contributed by atoms with van der Waals surface area (Å²) in [6.07, 6.45) is 1.71. The van der Waals surface area contributed by atoms with E-state index in [1.54, 1.807) is 13.3 Å². The summed E-state index contributed by atoms with van der Waals surface area (Å²) < 4.78 is 5.08. The van der Waals surface area contributed by atoms with E-state index in [1.807, 2.05) is 30.3 Å². The van der Waals surface area contributed by atoms with Crippen LogP contribution in [-0.4, -0.2) is 22.4 Å². The average Bonchev–Trinajstić information content (AvgIpc) is 2.90. The van der Waals surface area contributed by atoms with Crippen molar-refractivity contribution in [2.24, 2.45) is 0 Å². The van der Waals surface area contributed by atoms with Gasteiger partial charge < -0.3 is 15.4 Å². The third-order valence-corrected chi connectivity index (χ3v) is 2.59. The molecule has 94 valence electrons. The molecule has 0 saturated heterocycles. The molecule has 5 nitrogen and oxygen atoms in total. The summed E-state index contributed by atoms with van der Waals surface area (Å²) in [6.45, 7) is 0.613. The summed E-state index contributed by atoms with van der Waals surface area (Å²) >= 11 is 5.18. The molecule has 0 aliphatic rings. The molecule has 2 aromatic rings. The maximum Gasteiger partial charge on any atom is 0.171 e. The number of ether oxygens (including phenoxy) is 1. The number of nitrogens with zero attached hydrogens (tertiary/aromatic N) is 1. The summed E-state index contributed by atoms with van der Waals surface area (Å²) in [5, 5.41) is 13.4. The van der Waals surface area contributed by atoms with Crippen LogP contribution in [0.3, 0.4) is 0 Å². The van der Waals surface area contributed by atoms with Crippen molar-refractivity contribution in [3.05, 3.63) is 42.2 Å². The fraction of sp³-hybridized carbons (Fsp3) is 0.167. The molecule has 2 rings (SSSR count). The minimum absolute atomic E-state index is 0.565. The lowest BCUT2D eigenvalue weighted by atomic mass is 10.3. The molecule has 1 aromatic carbocycles. The third kappa shape index (κ3) is 3.46. The van der Waals surface area contributed by atoms with Gasteiger partial charge in [-0.15, -0.1) is 0 Å². The Balaban J connectivity index is 1.83. The predicted octanol–water partition coefficient (Wildman–Crippen LogP) is 1.90. The van der Waals surface area contributed by atoms with Crippen LogP contribution in [0.25, 0.3) is 0 Å². The van der Waals surface area contributed by atoms with E-state index in [9.17, 15) is 0 Å². The van der Waals surface area contributed by atoms with Crippen LogP contribution < -0.4 is 15.4 Å². The zero-order chi connectivity index (χ0) is 12.8. The molecule has 0 amide bonds. The van der Waals surface area contributed by atoms with Crippen LogP contribution in [0, 0.1) is 0 Å². The van der Waals surface area contributed by atoms with Gasteiger partial charge in [0.05, 0.1) is 19.3 Å². The summed E-state index contributed by atoms with van der Waals surface area (Å²) in [5.74, 6) is 0.817. The summed E-state index contributed by atoms with van der Waals surface area (Å²) in [4.78, 5) is 0. The Morgan fingerprint density at radius 1 is 1.33 bits per heavy atom. The van der Waals surface area contributed by atoms with E-state index in [2.05, 4.69) is 20.8 Å². The molecule has 0 radical (unpaired) electrons. The molecule has 0 bridgehead atoms. The molecule has 1 aromatic heterocycles. The molecule has 0 aliphatic carbocycles. The van der Waals surface area contributed by atoms with Crippen LogP contribution in [0.4, 0.5) is 5.69 Å². The smallest absolute Gasteiger partial charge is 0.171 e. The lowest BCUT2D eigenvalue weighted by Gasteiger charge is -2.10. The SMILES string of the molecule is COc1ccc(NC(=S)NCc2ccn[nH]2)cc1. The van der Waals surface area contributed by atoms with E-state index in [0.717, 1.165) is 17.1 Å². The van der Waals surface area contributed by atoms with Crippen LogP contribution in [0.2, 0.25) is 0 Å². The van der Waals surface area contributed by atoms with Crippen LogP contribution in [0.1, 0.15) is 5.69 Å². The van der Waals surface area contributed by atoms with Crippen molar-refractivity contribution in [3.63, 3.8) is 0 Å². The lowest BCUT2D eigenvalue weighted by molar-refractivity contribution is 0.415. The van der Waals surface area contributed by atoms with Crippen molar-refractivity contribution in [1.82, 2.24) is 15.5 Å². The molecule has 0 saturated carbocycles. The quantitative estimate of drug-likeness (QED) is 0.735. The predicted molar refractivity (Wildman–Crippen MR) is 74.6 cm³/mol. The minimum atomic E-state index is 0.565. The second-order valence-electron chi connectivity index (χ2n) is 3.62. The van der Waals surface area contributed by atoms with Gasteiger partial charge in [-0.25, -0.2) is 0 Å². The number of hydrogen-bond donors (Lipinski definition) is 3. The van der Waals surface area contributed by atoms with Gasteiger partial charge in [-0.3, -0.25) is 5.10 Å². The second-order valence-corrected chi connectivity index (χ2v) is 4.03. The van der Waals surface area contributed by atoms with Crippen molar-refractivity contribution < 1.29 is 4.74 Å². The first-order valence-corrected chi connectivity index (χ1v) is 5.86. The van der Waals surface area contributed by atoms with Gasteiger partial charge in [0, 0.05) is 11.9 Å². The summed E-state index contributed by atoms with van der Waals surface area (Å²) in [6, 6.07) is 9.45. The number of rotatable bonds is 4. The third-order valence-electron chi connectivity index (χ3n) is 2.35. The number of aromatic nitrogens is 2. The van der Waals surface area contributed by atoms with Crippen molar-refractivity contribution in [2.75, 3.05) is 12.4 Å². The number of methoxy groups -OCH3 is 1. The Morgan fingerprint density at radius 2 is 2.11 bits per heavy atom. The van der Waals surface area contributed by atoms with Crippen LogP contribution >= 0.6 is 12.2 Å². The standard InChI is InChI=1S/C12H14N4OS/c1-17-11-4-2-9(3-5-11)15-12(18)13-8-10-6-7-14-16-10/h2-7H,8H2,1H3,(H,14,16)(H2,13,15,18). The Labute approximate surface area is 111 Å². The van der Waals surface area contributed by atoms with E-state index < -0.39 is 0 Å². The zero-order valence-corrected chi connectivity index (χ0v) is 10.8. The molecule has 1 heterocycles. The van der Waals surface area contributed by atoms with Gasteiger partial charge in [0.2, 0.25) is 0 Å². The molecule has 0 aliphatic heterocycles. The zero-order valence-electron chi connectivity index (χ0n) is 9.93. The van der Waals surface area contributed by atoms with E-state index in [-0.39, 0.29) is 0 Å². The number of nitrogens with one attached hydrogen (secondary N) is 3. The molecular weight excluding hydrogens is 248 g/mol. The number of H-pyrrole nitrogens is 1. The molecular formula is C12H14N4OS. The highest BCUT2D eigenvalue weighted by atomic mass is 32.1. The van der Waals surface area contributed by atoms with E-state index in [4.69, 9.17) is 17.0 Å². The molecule has 0 spiro atoms. The van der Waals surface area contributed by atoms with Gasteiger partial charge >= 0.3 is 0 Å². The van der Waals surface area contributed by atoms with Crippen molar-refractivity contribution in [3.8, 4) is 5.75 Å². The fourth-order valence-corrected chi connectivity index (χ4v) is 1.60. The van der Waals surface area contributed by atoms with E-state index in [1.165, 1.54) is 0 Å². The first-order valence-electron chi connectivity index (χ1n) is 5.45. The maximum atomic E-state index is 5.18. The molecule has 3 N–H and O–H groups in total. The number of hydrogen-bond acceptors (Lipinski definition) is 3. The topological polar surface area (TPSA) is 62.0 Å². The Hall–Kier alpha value is -2.08. The molecule has 6 heteroatoms. The van der Waals surface area contributed by atoms with Crippen molar-refractivity contribution >= 4 is 23.0 Å². The molecule has 0 fully saturated rings. The van der Waals surface area contributed by atoms with Crippen LogP contribution in [-0.2, 0) is 6.54 Å². The van der Waals surface area contributed by atoms with E-state index in [0.29, 0.717) is 11.7 Å². The highest BCUT2D eigenvalue weighted by molar-refractivity contribution is 7.80. The summed E-state index contributed by atoms with van der Waals surface area (Å²) in [7, 11) is 1.64. The lowest BCUT2D eigenvalue weighted by Crippen LogP contribution is -2.27. The number of anilines is 1. The van der Waals surface area contributed by atoms with Gasteiger partial charge in [-0.1, -0.05) is 0 Å². The highest BCUT2D eigenvalue weighted by Gasteiger charge is 1.99. The number of benzene rings is 1. The van der Waals surface area contributed by atoms with Gasteiger partial charge in [0.25, 0.3) is 0 Å². The van der Waals surface area contributed by atoms with Crippen molar-refractivity contribution in [1.29, 1.82) is 0 Å².